The van der Waals surface area contributed by atoms with Crippen molar-refractivity contribution in [2.24, 2.45) is 0 Å². The van der Waals surface area contributed by atoms with Crippen LogP contribution in [0.25, 0.3) is 0 Å². The summed E-state index contributed by atoms with van der Waals surface area (Å²) in [6.07, 6.45) is 9.23. The fourth-order valence-electron chi connectivity index (χ4n) is 2.16. The van der Waals surface area contributed by atoms with Gasteiger partial charge in [-0.2, -0.15) is 0 Å². The van der Waals surface area contributed by atoms with Crippen LogP contribution in [0, 0.1) is 0 Å². The summed E-state index contributed by atoms with van der Waals surface area (Å²) in [5.74, 6) is 0. The third-order valence-corrected chi connectivity index (χ3v) is 3.47. The van der Waals surface area contributed by atoms with Crippen molar-refractivity contribution in [1.82, 2.24) is 4.90 Å². The average molecular weight is 243 g/mol. The molecule has 0 aliphatic carbocycles. The molecule has 1 N–H and O–H groups in total. The van der Waals surface area contributed by atoms with Crippen molar-refractivity contribution in [3.63, 3.8) is 0 Å². The van der Waals surface area contributed by atoms with E-state index in [1.807, 2.05) is 6.92 Å². The highest BCUT2D eigenvalue weighted by Crippen LogP contribution is 2.19. The Morgan fingerprint density at radius 1 is 0.882 bits per heavy atom. The van der Waals surface area contributed by atoms with Gasteiger partial charge in [0.25, 0.3) is 0 Å². The van der Waals surface area contributed by atoms with Gasteiger partial charge in [-0.25, -0.2) is 0 Å². The fraction of sp³-hybridized carbons (Fsp3) is 1.00. The summed E-state index contributed by atoms with van der Waals surface area (Å²) >= 11 is 0. The van der Waals surface area contributed by atoms with Crippen LogP contribution in [0.3, 0.4) is 0 Å². The Hall–Kier alpha value is -0.0800. The third-order valence-electron chi connectivity index (χ3n) is 3.47. The highest BCUT2D eigenvalue weighted by atomic mass is 16.3. The first-order valence-corrected chi connectivity index (χ1v) is 7.42. The highest BCUT2D eigenvalue weighted by Gasteiger charge is 2.18. The van der Waals surface area contributed by atoms with E-state index in [0.717, 1.165) is 32.2 Å². The lowest BCUT2D eigenvalue weighted by molar-refractivity contribution is 0.0355. The van der Waals surface area contributed by atoms with Gasteiger partial charge in [0, 0.05) is 0 Å². The molecule has 0 radical (unpaired) electrons. The van der Waals surface area contributed by atoms with Crippen LogP contribution in [0.1, 0.15) is 72.1 Å². The Kier molecular flexibility index (Phi) is 9.85. The maximum atomic E-state index is 10.2. The topological polar surface area (TPSA) is 23.5 Å². The second kappa shape index (κ2) is 9.90. The van der Waals surface area contributed by atoms with Crippen LogP contribution in [0.4, 0.5) is 0 Å². The summed E-state index contributed by atoms with van der Waals surface area (Å²) in [6.45, 7) is 8.72. The van der Waals surface area contributed by atoms with E-state index in [1.54, 1.807) is 0 Å². The molecule has 1 atom stereocenters. The van der Waals surface area contributed by atoms with Gasteiger partial charge in [-0.15, -0.1) is 0 Å². The highest BCUT2D eigenvalue weighted by molar-refractivity contribution is 4.72. The van der Waals surface area contributed by atoms with E-state index in [9.17, 15) is 5.11 Å². The van der Waals surface area contributed by atoms with Gasteiger partial charge in [-0.05, 0) is 52.7 Å². The molecule has 2 nitrogen and oxygen atoms in total. The van der Waals surface area contributed by atoms with Crippen molar-refractivity contribution >= 4 is 0 Å². The van der Waals surface area contributed by atoms with Crippen LogP contribution in [-0.2, 0) is 0 Å². The van der Waals surface area contributed by atoms with Crippen molar-refractivity contribution in [2.75, 3.05) is 20.1 Å². The van der Waals surface area contributed by atoms with E-state index in [-0.39, 0.29) is 0 Å². The largest absolute Gasteiger partial charge is 0.390 e. The minimum Gasteiger partial charge on any atom is -0.390 e. The molecule has 17 heavy (non-hydrogen) atoms. The van der Waals surface area contributed by atoms with E-state index in [0.29, 0.717) is 0 Å². The zero-order chi connectivity index (χ0) is 13.1. The van der Waals surface area contributed by atoms with Crippen molar-refractivity contribution in [3.8, 4) is 0 Å². The molecule has 0 aromatic carbocycles. The number of rotatable bonds is 11. The van der Waals surface area contributed by atoms with Crippen LogP contribution in [0.15, 0.2) is 0 Å². The average Bonchev–Trinajstić information content (AvgIpc) is 2.26. The molecule has 0 spiro atoms. The van der Waals surface area contributed by atoms with Crippen LogP contribution in [0.5, 0.6) is 0 Å². The van der Waals surface area contributed by atoms with Gasteiger partial charge in [0.1, 0.15) is 0 Å². The standard InChI is InChI=1S/C15H33NO/c1-5-7-9-13-16(4)14-10-12-15(3,17)11-8-6-2/h17H,5-14H2,1-4H3. The Bertz CT molecular complexity index is 168. The van der Waals surface area contributed by atoms with Crippen molar-refractivity contribution < 1.29 is 5.11 Å². The summed E-state index contributed by atoms with van der Waals surface area (Å²) in [6, 6.07) is 0. The molecular formula is C15H33NO. The predicted molar refractivity (Wildman–Crippen MR) is 76.4 cm³/mol. The second-order valence-electron chi connectivity index (χ2n) is 5.71. The number of aliphatic hydroxyl groups is 1. The zero-order valence-electron chi connectivity index (χ0n) is 12.5. The van der Waals surface area contributed by atoms with E-state index in [4.69, 9.17) is 0 Å². The molecule has 0 aliphatic rings. The van der Waals surface area contributed by atoms with Crippen LogP contribution < -0.4 is 0 Å². The Balaban J connectivity index is 3.53. The van der Waals surface area contributed by atoms with Crippen LogP contribution >= 0.6 is 0 Å². The molecule has 0 fully saturated rings. The number of hydrogen-bond donors (Lipinski definition) is 1. The number of nitrogens with zero attached hydrogens (tertiary/aromatic N) is 1. The zero-order valence-corrected chi connectivity index (χ0v) is 12.5. The summed E-state index contributed by atoms with van der Waals surface area (Å²) in [7, 11) is 2.19. The minimum absolute atomic E-state index is 0.444. The lowest BCUT2D eigenvalue weighted by atomic mass is 9.94. The van der Waals surface area contributed by atoms with E-state index in [2.05, 4.69) is 25.8 Å². The lowest BCUT2D eigenvalue weighted by Crippen LogP contribution is -2.27. The molecule has 0 heterocycles. The summed E-state index contributed by atoms with van der Waals surface area (Å²) in [5, 5.41) is 10.2. The molecular weight excluding hydrogens is 210 g/mol. The van der Waals surface area contributed by atoms with Crippen molar-refractivity contribution in [1.29, 1.82) is 0 Å². The number of hydrogen-bond acceptors (Lipinski definition) is 2. The fourth-order valence-corrected chi connectivity index (χ4v) is 2.16. The van der Waals surface area contributed by atoms with Gasteiger partial charge in [-0.3, -0.25) is 0 Å². The van der Waals surface area contributed by atoms with Crippen LogP contribution in [0.2, 0.25) is 0 Å². The summed E-state index contributed by atoms with van der Waals surface area (Å²) < 4.78 is 0. The molecule has 0 aromatic rings. The number of unbranched alkanes of at least 4 members (excludes halogenated alkanes) is 3. The molecule has 0 saturated heterocycles. The first-order chi connectivity index (χ1) is 8.02. The Morgan fingerprint density at radius 3 is 2.00 bits per heavy atom. The minimum atomic E-state index is -0.444. The Morgan fingerprint density at radius 2 is 1.41 bits per heavy atom. The van der Waals surface area contributed by atoms with E-state index < -0.39 is 5.60 Å². The first-order valence-electron chi connectivity index (χ1n) is 7.42. The van der Waals surface area contributed by atoms with Gasteiger partial charge in [0.2, 0.25) is 0 Å². The lowest BCUT2D eigenvalue weighted by Gasteiger charge is -2.24. The monoisotopic (exact) mass is 243 g/mol. The van der Waals surface area contributed by atoms with Gasteiger partial charge in [0.05, 0.1) is 5.60 Å². The van der Waals surface area contributed by atoms with Crippen molar-refractivity contribution in [3.05, 3.63) is 0 Å². The van der Waals surface area contributed by atoms with Crippen LogP contribution in [-0.4, -0.2) is 35.7 Å². The normalized spacial score (nSPS) is 15.2. The van der Waals surface area contributed by atoms with E-state index in [1.165, 1.54) is 32.2 Å². The van der Waals surface area contributed by atoms with Crippen molar-refractivity contribution in [2.45, 2.75) is 77.7 Å². The predicted octanol–water partition coefficient (Wildman–Crippen LogP) is 3.83. The molecule has 0 amide bonds. The Labute approximate surface area is 108 Å². The second-order valence-corrected chi connectivity index (χ2v) is 5.71. The molecule has 104 valence electrons. The molecule has 0 rings (SSSR count). The van der Waals surface area contributed by atoms with Gasteiger partial charge < -0.3 is 10.0 Å². The SMILES string of the molecule is CCCCCN(C)CCCC(C)(O)CCCC. The third kappa shape index (κ3) is 10.8. The summed E-state index contributed by atoms with van der Waals surface area (Å²) in [4.78, 5) is 2.39. The molecule has 0 aromatic heterocycles. The summed E-state index contributed by atoms with van der Waals surface area (Å²) in [5.41, 5.74) is -0.444. The van der Waals surface area contributed by atoms with Gasteiger partial charge >= 0.3 is 0 Å². The molecule has 2 heteroatoms. The first kappa shape index (κ1) is 16.9. The van der Waals surface area contributed by atoms with E-state index >= 15 is 0 Å². The molecule has 1 unspecified atom stereocenters. The molecule has 0 aliphatic heterocycles. The molecule has 0 saturated carbocycles. The smallest absolute Gasteiger partial charge is 0.0620 e. The quantitative estimate of drug-likeness (QED) is 0.558. The maximum Gasteiger partial charge on any atom is 0.0620 e. The van der Waals surface area contributed by atoms with Gasteiger partial charge in [-0.1, -0.05) is 39.5 Å². The molecule has 0 bridgehead atoms. The maximum absolute atomic E-state index is 10.2. The van der Waals surface area contributed by atoms with Gasteiger partial charge in [0.15, 0.2) is 0 Å².